The highest BCUT2D eigenvalue weighted by Gasteiger charge is 2.45. The van der Waals surface area contributed by atoms with Crippen molar-refractivity contribution in [3.63, 3.8) is 0 Å². The van der Waals surface area contributed by atoms with E-state index < -0.39 is 70.1 Å². The number of β-lactam (4-membered cyclic amide) rings is 1. The SMILES string of the molecule is O=C(NC1CN(C(=O)NS(=O)(=O)N2CCN(NC(=O)c3cc(OCc4ccccc4)c(OCc4ccccc4)c(C(=O)O)n3)C2=O)C1=O)OCc1ccccc1. The van der Waals surface area contributed by atoms with Gasteiger partial charge < -0.3 is 24.6 Å². The average molecular weight is 788 g/mol. The standard InChI is InChI=1S/C36H33N7O12S/c44-31(26-18-28(53-20-23-10-4-1-5-11-23)30(29(37-26)33(46)47)54-21-24-12-6-2-7-13-24)39-42-16-17-43(36(42)50)56(51,52)40-34(48)41-19-27(32(41)45)38-35(49)55-22-25-14-8-3-9-15-25/h1-15,18,27H,16-17,19-22H2,(H,38,49)(H,39,44)(H,40,48)(H,46,47). The van der Waals surface area contributed by atoms with Gasteiger partial charge in [-0.15, -0.1) is 0 Å². The lowest BCUT2D eigenvalue weighted by Gasteiger charge is -2.36. The lowest BCUT2D eigenvalue weighted by atomic mass is 10.1. The number of hydrogen-bond acceptors (Lipinski definition) is 12. The molecule has 7 amide bonds. The zero-order valence-corrected chi connectivity index (χ0v) is 30.0. The van der Waals surface area contributed by atoms with E-state index in [1.54, 1.807) is 95.7 Å². The van der Waals surface area contributed by atoms with Crippen molar-refractivity contribution in [1.29, 1.82) is 0 Å². The highest BCUT2D eigenvalue weighted by Crippen LogP contribution is 2.33. The number of aromatic nitrogens is 1. The number of alkyl carbamates (subject to hydrolysis) is 1. The number of carbonyl (C=O) groups is 6. The van der Waals surface area contributed by atoms with E-state index in [9.17, 15) is 42.3 Å². The predicted molar refractivity (Wildman–Crippen MR) is 192 cm³/mol. The summed E-state index contributed by atoms with van der Waals surface area (Å²) >= 11 is 0. The van der Waals surface area contributed by atoms with E-state index in [0.717, 1.165) is 6.07 Å². The molecule has 3 heterocycles. The summed E-state index contributed by atoms with van der Waals surface area (Å²) in [4.78, 5) is 80.6. The van der Waals surface area contributed by atoms with Crippen LogP contribution in [-0.4, -0.2) is 94.3 Å². The Hall–Kier alpha value is -7.22. The average Bonchev–Trinajstić information content (AvgIpc) is 3.57. The van der Waals surface area contributed by atoms with E-state index >= 15 is 0 Å². The van der Waals surface area contributed by atoms with Gasteiger partial charge in [0.2, 0.25) is 0 Å². The first kappa shape index (κ1) is 38.5. The number of likely N-dealkylation sites (tertiary alicyclic amines) is 1. The first-order chi connectivity index (χ1) is 26.9. The normalized spacial score (nSPS) is 15.1. The maximum atomic E-state index is 13.4. The fourth-order valence-electron chi connectivity index (χ4n) is 5.35. The van der Waals surface area contributed by atoms with Crippen LogP contribution in [0.4, 0.5) is 14.4 Å². The number of nitrogens with one attached hydrogen (secondary N) is 3. The highest BCUT2D eigenvalue weighted by molar-refractivity contribution is 7.88. The van der Waals surface area contributed by atoms with Crippen LogP contribution in [-0.2, 0) is 39.6 Å². The Morgan fingerprint density at radius 1 is 0.804 bits per heavy atom. The number of urea groups is 2. The highest BCUT2D eigenvalue weighted by atomic mass is 32.2. The quantitative estimate of drug-likeness (QED) is 0.134. The van der Waals surface area contributed by atoms with Crippen molar-refractivity contribution < 1.29 is 56.5 Å². The van der Waals surface area contributed by atoms with Crippen LogP contribution in [0.2, 0.25) is 0 Å². The summed E-state index contributed by atoms with van der Waals surface area (Å²) in [5.74, 6) is -3.99. The molecule has 1 atom stereocenters. The molecule has 4 N–H and O–H groups in total. The van der Waals surface area contributed by atoms with Crippen molar-refractivity contribution in [2.75, 3.05) is 19.6 Å². The molecule has 2 aliphatic heterocycles. The summed E-state index contributed by atoms with van der Waals surface area (Å²) in [6.45, 7) is -1.48. The summed E-state index contributed by atoms with van der Waals surface area (Å²) in [7, 11) is -4.90. The summed E-state index contributed by atoms with van der Waals surface area (Å²) in [5, 5.41) is 12.9. The predicted octanol–water partition coefficient (Wildman–Crippen LogP) is 2.41. The van der Waals surface area contributed by atoms with Gasteiger partial charge in [-0.05, 0) is 16.7 Å². The van der Waals surface area contributed by atoms with Gasteiger partial charge in [-0.1, -0.05) is 91.0 Å². The van der Waals surface area contributed by atoms with Crippen molar-refractivity contribution in [2.24, 2.45) is 0 Å². The second kappa shape index (κ2) is 16.8. The van der Waals surface area contributed by atoms with Crippen molar-refractivity contribution in [3.05, 3.63) is 125 Å². The van der Waals surface area contributed by atoms with Crippen molar-refractivity contribution >= 4 is 46.1 Å². The van der Waals surface area contributed by atoms with Gasteiger partial charge in [0, 0.05) is 6.07 Å². The van der Waals surface area contributed by atoms with E-state index in [0.29, 0.717) is 26.6 Å². The minimum absolute atomic E-state index is 0.0443. The molecule has 1 unspecified atom stereocenters. The van der Waals surface area contributed by atoms with Crippen LogP contribution in [0.25, 0.3) is 0 Å². The minimum atomic E-state index is -4.90. The fraction of sp³-hybridized carbons (Fsp3) is 0.194. The maximum Gasteiger partial charge on any atom is 0.408 e. The van der Waals surface area contributed by atoms with E-state index in [4.69, 9.17) is 14.2 Å². The third kappa shape index (κ3) is 9.10. The largest absolute Gasteiger partial charge is 0.485 e. The topological polar surface area (TPSA) is 243 Å². The number of carboxylic acid groups (broad SMARTS) is 1. The van der Waals surface area contributed by atoms with Crippen LogP contribution in [0.1, 0.15) is 37.7 Å². The van der Waals surface area contributed by atoms with Gasteiger partial charge in [0.1, 0.15) is 31.6 Å². The molecule has 4 aromatic rings. The number of aromatic carboxylic acids is 1. The van der Waals surface area contributed by atoms with E-state index in [2.05, 4.69) is 15.7 Å². The number of carboxylic acids is 1. The van der Waals surface area contributed by atoms with Gasteiger partial charge in [-0.25, -0.2) is 38.2 Å². The van der Waals surface area contributed by atoms with E-state index in [-0.39, 0.29) is 48.7 Å². The number of imide groups is 1. The number of amides is 7. The molecule has 0 radical (unpaired) electrons. The van der Waals surface area contributed by atoms with Crippen LogP contribution in [0.3, 0.4) is 0 Å². The van der Waals surface area contributed by atoms with Gasteiger partial charge in [-0.3, -0.25) is 19.9 Å². The Bertz CT molecular complexity index is 2250. The molecule has 0 spiro atoms. The van der Waals surface area contributed by atoms with Crippen molar-refractivity contribution in [1.82, 2.24) is 34.7 Å². The summed E-state index contributed by atoms with van der Waals surface area (Å²) in [5.41, 5.74) is 3.14. The molecule has 0 aliphatic carbocycles. The maximum absolute atomic E-state index is 13.4. The smallest absolute Gasteiger partial charge is 0.408 e. The number of ether oxygens (including phenoxy) is 3. The molecular weight excluding hydrogens is 755 g/mol. The Labute approximate surface area is 318 Å². The third-order valence-corrected chi connectivity index (χ3v) is 9.58. The van der Waals surface area contributed by atoms with Gasteiger partial charge in [0.25, 0.3) is 11.8 Å². The zero-order chi connectivity index (χ0) is 39.8. The lowest BCUT2D eigenvalue weighted by molar-refractivity contribution is -0.139. The molecule has 20 heteroatoms. The number of rotatable bonds is 14. The second-order valence-electron chi connectivity index (χ2n) is 12.1. The summed E-state index contributed by atoms with van der Waals surface area (Å²) in [6, 6.07) is 23.7. The fourth-order valence-corrected chi connectivity index (χ4v) is 6.42. The van der Waals surface area contributed by atoms with Crippen LogP contribution < -0.4 is 24.9 Å². The van der Waals surface area contributed by atoms with Gasteiger partial charge in [0.05, 0.1) is 19.6 Å². The Balaban J connectivity index is 1.08. The van der Waals surface area contributed by atoms with Crippen LogP contribution in [0, 0.1) is 0 Å². The second-order valence-corrected chi connectivity index (χ2v) is 13.7. The molecule has 2 aliphatic rings. The number of carbonyl (C=O) groups excluding carboxylic acids is 5. The third-order valence-electron chi connectivity index (χ3n) is 8.23. The molecule has 0 bridgehead atoms. The van der Waals surface area contributed by atoms with Gasteiger partial charge >= 0.3 is 34.3 Å². The van der Waals surface area contributed by atoms with Crippen molar-refractivity contribution in [2.45, 2.75) is 25.9 Å². The molecule has 2 saturated heterocycles. The molecule has 6 rings (SSSR count). The molecule has 0 saturated carbocycles. The van der Waals surface area contributed by atoms with E-state index in [1.165, 1.54) is 0 Å². The number of hydrogen-bond donors (Lipinski definition) is 4. The molecule has 290 valence electrons. The van der Waals surface area contributed by atoms with Crippen LogP contribution in [0.15, 0.2) is 97.1 Å². The molecule has 19 nitrogen and oxygen atoms in total. The number of nitrogens with zero attached hydrogens (tertiary/aromatic N) is 4. The van der Waals surface area contributed by atoms with Crippen molar-refractivity contribution in [3.8, 4) is 11.5 Å². The Morgan fingerprint density at radius 3 is 1.95 bits per heavy atom. The molecular formula is C36H33N7O12S. The molecule has 56 heavy (non-hydrogen) atoms. The Morgan fingerprint density at radius 2 is 1.38 bits per heavy atom. The minimum Gasteiger partial charge on any atom is -0.485 e. The van der Waals surface area contributed by atoms with Crippen LogP contribution >= 0.6 is 0 Å². The number of pyridine rings is 1. The van der Waals surface area contributed by atoms with Gasteiger partial charge in [0.15, 0.2) is 17.2 Å². The number of benzene rings is 3. The van der Waals surface area contributed by atoms with E-state index in [1.807, 2.05) is 0 Å². The lowest BCUT2D eigenvalue weighted by Crippen LogP contribution is -2.68. The Kier molecular flexibility index (Phi) is 11.6. The summed E-state index contributed by atoms with van der Waals surface area (Å²) < 4.78 is 44.7. The monoisotopic (exact) mass is 787 g/mol. The first-order valence-corrected chi connectivity index (χ1v) is 18.2. The molecule has 2 fully saturated rings. The molecule has 3 aromatic carbocycles. The molecule has 1 aromatic heterocycles. The summed E-state index contributed by atoms with van der Waals surface area (Å²) in [6.07, 6.45) is -0.928. The van der Waals surface area contributed by atoms with Crippen LogP contribution in [0.5, 0.6) is 11.5 Å². The van der Waals surface area contributed by atoms with Gasteiger partial charge in [-0.2, -0.15) is 8.42 Å². The number of hydrazine groups is 1. The first-order valence-electron chi connectivity index (χ1n) is 16.8. The zero-order valence-electron chi connectivity index (χ0n) is 29.2.